The average Bonchev–Trinajstić information content (AvgIpc) is 2.62. The highest BCUT2D eigenvalue weighted by atomic mass is 28.3. The summed E-state index contributed by atoms with van der Waals surface area (Å²) in [6, 6.07) is 0. The van der Waals surface area contributed by atoms with E-state index < -0.39 is 8.07 Å². The van der Waals surface area contributed by atoms with Crippen LogP contribution >= 0.6 is 0 Å². The minimum atomic E-state index is -1.33. The van der Waals surface area contributed by atoms with Gasteiger partial charge in [-0.05, 0) is 30.9 Å². The quantitative estimate of drug-likeness (QED) is 0.544. The summed E-state index contributed by atoms with van der Waals surface area (Å²) >= 11 is 0. The molecule has 0 bridgehead atoms. The Morgan fingerprint density at radius 1 is 1.46 bits per heavy atom. The SMILES string of the molecule is C=C=C([C@](C)(N)C1CC1)[Si](C)(C)C. The van der Waals surface area contributed by atoms with E-state index in [1.807, 2.05) is 0 Å². The first-order valence-corrected chi connectivity index (χ1v) is 8.50. The lowest BCUT2D eigenvalue weighted by Crippen LogP contribution is -2.48. The molecule has 1 rings (SSSR count). The van der Waals surface area contributed by atoms with Crippen LogP contribution in [0.4, 0.5) is 0 Å². The summed E-state index contributed by atoms with van der Waals surface area (Å²) in [7, 11) is -1.33. The number of nitrogens with two attached hydrogens (primary N) is 1. The number of rotatable bonds is 3. The lowest BCUT2D eigenvalue weighted by Gasteiger charge is -2.34. The molecule has 13 heavy (non-hydrogen) atoms. The highest BCUT2D eigenvalue weighted by molar-refractivity contribution is 6.83. The van der Waals surface area contributed by atoms with Gasteiger partial charge in [-0.25, -0.2) is 0 Å². The fourth-order valence-electron chi connectivity index (χ4n) is 2.15. The molecule has 0 aliphatic heterocycles. The maximum atomic E-state index is 6.36. The second-order valence-corrected chi connectivity index (χ2v) is 10.4. The zero-order chi connectivity index (χ0) is 10.3. The molecule has 0 aromatic rings. The second-order valence-electron chi connectivity index (χ2n) is 5.36. The van der Waals surface area contributed by atoms with Crippen molar-refractivity contribution in [1.82, 2.24) is 0 Å². The molecule has 1 atom stereocenters. The van der Waals surface area contributed by atoms with Gasteiger partial charge in [0.1, 0.15) is 0 Å². The molecule has 1 aliphatic carbocycles. The van der Waals surface area contributed by atoms with E-state index >= 15 is 0 Å². The Balaban J connectivity index is 2.96. The molecular weight excluding hydrogens is 174 g/mol. The Morgan fingerprint density at radius 3 is 2.15 bits per heavy atom. The lowest BCUT2D eigenvalue weighted by molar-refractivity contribution is 0.496. The molecule has 2 N–H and O–H groups in total. The first kappa shape index (κ1) is 10.8. The second kappa shape index (κ2) is 3.12. The Morgan fingerprint density at radius 2 is 1.92 bits per heavy atom. The van der Waals surface area contributed by atoms with Gasteiger partial charge < -0.3 is 5.73 Å². The predicted octanol–water partition coefficient (Wildman–Crippen LogP) is 2.70. The third-order valence-corrected chi connectivity index (χ3v) is 5.11. The Hall–Kier alpha value is -0.303. The van der Waals surface area contributed by atoms with Gasteiger partial charge in [0.05, 0.1) is 8.07 Å². The topological polar surface area (TPSA) is 26.0 Å². The maximum Gasteiger partial charge on any atom is 0.0847 e. The molecule has 0 spiro atoms. The van der Waals surface area contributed by atoms with Crippen molar-refractivity contribution in [3.05, 3.63) is 17.5 Å². The van der Waals surface area contributed by atoms with Gasteiger partial charge >= 0.3 is 0 Å². The summed E-state index contributed by atoms with van der Waals surface area (Å²) in [6.07, 6.45) is 2.56. The van der Waals surface area contributed by atoms with Crippen LogP contribution in [0.1, 0.15) is 19.8 Å². The fraction of sp³-hybridized carbons (Fsp3) is 0.727. The van der Waals surface area contributed by atoms with Gasteiger partial charge in [-0.15, -0.1) is 5.73 Å². The molecule has 0 radical (unpaired) electrons. The van der Waals surface area contributed by atoms with Gasteiger partial charge in [-0.2, -0.15) is 0 Å². The molecule has 0 aromatic carbocycles. The molecule has 2 heteroatoms. The molecule has 0 aromatic heterocycles. The van der Waals surface area contributed by atoms with Crippen molar-refractivity contribution < 1.29 is 0 Å². The highest BCUT2D eigenvalue weighted by Crippen LogP contribution is 2.43. The number of hydrogen-bond donors (Lipinski definition) is 1. The normalized spacial score (nSPS) is 21.9. The van der Waals surface area contributed by atoms with Crippen LogP contribution in [0.25, 0.3) is 0 Å². The summed E-state index contributed by atoms with van der Waals surface area (Å²) in [4.78, 5) is 0. The van der Waals surface area contributed by atoms with E-state index in [0.29, 0.717) is 5.92 Å². The van der Waals surface area contributed by atoms with Crippen molar-refractivity contribution >= 4 is 8.07 Å². The van der Waals surface area contributed by atoms with Gasteiger partial charge in [0.2, 0.25) is 0 Å². The molecule has 0 amide bonds. The van der Waals surface area contributed by atoms with Crippen molar-refractivity contribution in [3.8, 4) is 0 Å². The van der Waals surface area contributed by atoms with E-state index in [2.05, 4.69) is 38.9 Å². The van der Waals surface area contributed by atoms with Gasteiger partial charge in [-0.3, -0.25) is 0 Å². The summed E-state index contributed by atoms with van der Waals surface area (Å²) in [6.45, 7) is 12.9. The summed E-state index contributed by atoms with van der Waals surface area (Å²) in [5, 5.41) is 1.31. The van der Waals surface area contributed by atoms with Crippen LogP contribution in [0, 0.1) is 5.92 Å². The van der Waals surface area contributed by atoms with Gasteiger partial charge in [-0.1, -0.05) is 26.2 Å². The molecule has 0 saturated heterocycles. The molecule has 1 fully saturated rings. The third-order valence-electron chi connectivity index (χ3n) is 2.89. The zero-order valence-electron chi connectivity index (χ0n) is 9.28. The monoisotopic (exact) mass is 195 g/mol. The van der Waals surface area contributed by atoms with E-state index in [1.165, 1.54) is 18.0 Å². The van der Waals surface area contributed by atoms with Crippen LogP contribution in [0.3, 0.4) is 0 Å². The van der Waals surface area contributed by atoms with Crippen LogP contribution < -0.4 is 5.73 Å². The largest absolute Gasteiger partial charge is 0.321 e. The highest BCUT2D eigenvalue weighted by Gasteiger charge is 2.44. The van der Waals surface area contributed by atoms with Crippen LogP contribution in [0.2, 0.25) is 19.6 Å². The smallest absolute Gasteiger partial charge is 0.0847 e. The molecular formula is C11H21NSi. The van der Waals surface area contributed by atoms with Crippen LogP contribution in [0.5, 0.6) is 0 Å². The van der Waals surface area contributed by atoms with Gasteiger partial charge in [0.25, 0.3) is 0 Å². The van der Waals surface area contributed by atoms with E-state index in [4.69, 9.17) is 5.73 Å². The minimum Gasteiger partial charge on any atom is -0.321 e. The number of hydrogen-bond acceptors (Lipinski definition) is 1. The van der Waals surface area contributed by atoms with E-state index in [9.17, 15) is 0 Å². The lowest BCUT2D eigenvalue weighted by atomic mass is 9.97. The molecule has 74 valence electrons. The molecule has 0 heterocycles. The van der Waals surface area contributed by atoms with Crippen molar-refractivity contribution in [1.29, 1.82) is 0 Å². The summed E-state index contributed by atoms with van der Waals surface area (Å²) in [5.74, 6) is 0.684. The first-order chi connectivity index (χ1) is 5.80. The van der Waals surface area contributed by atoms with E-state index in [-0.39, 0.29) is 5.54 Å². The summed E-state index contributed by atoms with van der Waals surface area (Å²) < 4.78 is 0. The van der Waals surface area contributed by atoms with Crippen molar-refractivity contribution in [3.63, 3.8) is 0 Å². The predicted molar refractivity (Wildman–Crippen MR) is 61.3 cm³/mol. The Kier molecular flexibility index (Phi) is 2.59. The standard InChI is InChI=1S/C11H21NSi/c1-6-10(13(3,4)5)11(2,12)9-7-8-9/h9H,1,7-8,12H2,2-5H3/t11-/m1/s1. The third kappa shape index (κ3) is 2.14. The Labute approximate surface area is 82.7 Å². The van der Waals surface area contributed by atoms with Crippen LogP contribution in [-0.4, -0.2) is 13.6 Å². The van der Waals surface area contributed by atoms with Gasteiger partial charge in [0, 0.05) is 5.54 Å². The maximum absolute atomic E-state index is 6.36. The van der Waals surface area contributed by atoms with Gasteiger partial charge in [0.15, 0.2) is 0 Å². The van der Waals surface area contributed by atoms with E-state index in [1.54, 1.807) is 0 Å². The first-order valence-electron chi connectivity index (χ1n) is 5.00. The fourth-order valence-corrected chi connectivity index (χ4v) is 4.50. The van der Waals surface area contributed by atoms with Crippen molar-refractivity contribution in [2.24, 2.45) is 11.7 Å². The van der Waals surface area contributed by atoms with E-state index in [0.717, 1.165) is 0 Å². The summed E-state index contributed by atoms with van der Waals surface area (Å²) in [5.41, 5.74) is 9.33. The molecule has 1 aliphatic rings. The van der Waals surface area contributed by atoms with Crippen LogP contribution in [0.15, 0.2) is 17.5 Å². The average molecular weight is 195 g/mol. The minimum absolute atomic E-state index is 0.133. The Bertz CT molecular complexity index is 250. The molecule has 1 saturated carbocycles. The van der Waals surface area contributed by atoms with Crippen molar-refractivity contribution in [2.75, 3.05) is 0 Å². The van der Waals surface area contributed by atoms with Crippen LogP contribution in [-0.2, 0) is 0 Å². The zero-order valence-corrected chi connectivity index (χ0v) is 10.3. The molecule has 0 unspecified atom stereocenters. The molecule has 1 nitrogen and oxygen atoms in total. The van der Waals surface area contributed by atoms with Crippen molar-refractivity contribution in [2.45, 2.75) is 44.9 Å².